The molecule has 0 aliphatic carbocycles. The van der Waals surface area contributed by atoms with Gasteiger partial charge in [0.25, 0.3) is 5.78 Å². The number of amides is 1. The molecule has 6 nitrogen and oxygen atoms in total. The van der Waals surface area contributed by atoms with Gasteiger partial charge >= 0.3 is 5.91 Å². The fourth-order valence-corrected chi connectivity index (χ4v) is 5.97. The molecule has 3 heterocycles. The van der Waals surface area contributed by atoms with Crippen molar-refractivity contribution >= 4 is 55.7 Å². The Morgan fingerprint density at radius 1 is 1.14 bits per heavy atom. The van der Waals surface area contributed by atoms with Crippen molar-refractivity contribution in [2.45, 2.75) is 25.5 Å². The van der Waals surface area contributed by atoms with E-state index in [1.54, 1.807) is 36.4 Å². The van der Waals surface area contributed by atoms with Gasteiger partial charge < -0.3 is 9.84 Å². The highest BCUT2D eigenvalue weighted by Gasteiger charge is 2.48. The van der Waals surface area contributed by atoms with E-state index < -0.39 is 23.5 Å². The second-order valence-corrected chi connectivity index (χ2v) is 10.2. The first kappa shape index (κ1) is 22.7. The zero-order valence-electron chi connectivity index (χ0n) is 18.9. The molecule has 1 amide bonds. The highest BCUT2D eigenvalue weighted by Crippen LogP contribution is 2.45. The molecule has 2 atom stereocenters. The van der Waals surface area contributed by atoms with E-state index in [4.69, 9.17) is 16.3 Å². The summed E-state index contributed by atoms with van der Waals surface area (Å²) in [5.74, 6) is -1.71. The van der Waals surface area contributed by atoms with Gasteiger partial charge in [0.2, 0.25) is 0 Å². The van der Waals surface area contributed by atoms with Gasteiger partial charge in [-0.1, -0.05) is 35.1 Å². The molecule has 2 aliphatic rings. The minimum atomic E-state index is -0.995. The molecule has 6 rings (SSSR count). The molecule has 1 fully saturated rings. The Morgan fingerprint density at radius 3 is 2.69 bits per heavy atom. The molecule has 3 aromatic carbocycles. The molecule has 0 saturated carbocycles. The van der Waals surface area contributed by atoms with Crippen LogP contribution in [0.3, 0.4) is 0 Å². The predicted molar refractivity (Wildman–Crippen MR) is 136 cm³/mol. The quantitative estimate of drug-likeness (QED) is 0.202. The van der Waals surface area contributed by atoms with Crippen LogP contribution in [-0.2, 0) is 16.0 Å². The Balaban J connectivity index is 1.53. The van der Waals surface area contributed by atoms with Crippen LogP contribution in [0, 0.1) is 5.82 Å². The average molecular weight is 521 g/mol. The van der Waals surface area contributed by atoms with Crippen LogP contribution in [0.25, 0.3) is 16.0 Å². The number of ether oxygens (including phenoxy) is 1. The number of anilines is 1. The number of fused-ring (bicyclic) bond motifs is 2. The smallest absolute Gasteiger partial charge is 0.301 e. The van der Waals surface area contributed by atoms with Gasteiger partial charge in [0.1, 0.15) is 23.4 Å². The lowest BCUT2D eigenvalue weighted by Gasteiger charge is -2.23. The number of benzene rings is 3. The third kappa shape index (κ3) is 3.65. The number of nitrogens with zero attached hydrogens (tertiary/aromatic N) is 2. The minimum Gasteiger partial charge on any atom is -0.507 e. The van der Waals surface area contributed by atoms with Crippen molar-refractivity contribution in [3.05, 3.63) is 93.8 Å². The number of rotatable bonds is 3. The number of halogens is 2. The summed E-state index contributed by atoms with van der Waals surface area (Å²) in [5, 5.41) is 12.2. The van der Waals surface area contributed by atoms with Crippen molar-refractivity contribution < 1.29 is 23.8 Å². The number of Topliss-reactive ketones (excluding diaryl/α,β-unsaturated/α-hetero) is 1. The lowest BCUT2D eigenvalue weighted by molar-refractivity contribution is -0.132. The summed E-state index contributed by atoms with van der Waals surface area (Å²) in [6, 6.07) is 14.8. The summed E-state index contributed by atoms with van der Waals surface area (Å²) >= 11 is 7.32. The average Bonchev–Trinajstić information content (AvgIpc) is 3.51. The standard InChI is InChI=1S/C27H18ClFN2O4S/c1-13-10-16-11-15(4-9-20(16)35-13)24(32)22-23(14-2-6-18(29)7-3-14)31(26(34)25(22)33)27-30-19-8-5-17(28)12-21(19)36-27/h2-9,11-13,23,32H,10H2,1H3/b24-22+/t13-,23-/m0/s1. The van der Waals surface area contributed by atoms with Crippen molar-refractivity contribution in [3.8, 4) is 5.75 Å². The summed E-state index contributed by atoms with van der Waals surface area (Å²) in [4.78, 5) is 32.5. The topological polar surface area (TPSA) is 79.7 Å². The molecule has 36 heavy (non-hydrogen) atoms. The van der Waals surface area contributed by atoms with Crippen LogP contribution >= 0.6 is 22.9 Å². The molecule has 0 radical (unpaired) electrons. The predicted octanol–water partition coefficient (Wildman–Crippen LogP) is 6.04. The second-order valence-electron chi connectivity index (χ2n) is 8.78. The van der Waals surface area contributed by atoms with Crippen LogP contribution in [0.5, 0.6) is 5.75 Å². The first-order valence-electron chi connectivity index (χ1n) is 11.2. The molecule has 180 valence electrons. The highest BCUT2D eigenvalue weighted by molar-refractivity contribution is 7.22. The van der Waals surface area contributed by atoms with Crippen LogP contribution in [0.4, 0.5) is 9.52 Å². The summed E-state index contributed by atoms with van der Waals surface area (Å²) in [6.07, 6.45) is 0.676. The Morgan fingerprint density at radius 2 is 1.92 bits per heavy atom. The van der Waals surface area contributed by atoms with Gasteiger partial charge in [0.05, 0.1) is 21.8 Å². The maximum absolute atomic E-state index is 13.8. The van der Waals surface area contributed by atoms with Crippen LogP contribution < -0.4 is 9.64 Å². The molecular formula is C27H18ClFN2O4S. The van der Waals surface area contributed by atoms with Crippen molar-refractivity contribution in [1.29, 1.82) is 0 Å². The zero-order chi connectivity index (χ0) is 25.1. The number of hydrogen-bond acceptors (Lipinski definition) is 6. The van der Waals surface area contributed by atoms with Gasteiger partial charge in [0.15, 0.2) is 5.13 Å². The molecule has 1 aromatic heterocycles. The lowest BCUT2D eigenvalue weighted by atomic mass is 9.94. The number of aromatic nitrogens is 1. The first-order chi connectivity index (χ1) is 17.3. The number of ketones is 1. The van der Waals surface area contributed by atoms with Crippen molar-refractivity contribution in [2.75, 3.05) is 4.90 Å². The summed E-state index contributed by atoms with van der Waals surface area (Å²) < 4.78 is 20.2. The van der Waals surface area contributed by atoms with Crippen LogP contribution in [0.1, 0.15) is 29.7 Å². The maximum Gasteiger partial charge on any atom is 0.301 e. The Bertz CT molecular complexity index is 1600. The fourth-order valence-electron chi connectivity index (χ4n) is 4.70. The Hall–Kier alpha value is -3.75. The van der Waals surface area contributed by atoms with E-state index in [2.05, 4.69) is 4.98 Å². The number of hydrogen-bond donors (Lipinski definition) is 1. The molecule has 1 saturated heterocycles. The van der Waals surface area contributed by atoms with Crippen molar-refractivity contribution in [2.24, 2.45) is 0 Å². The van der Waals surface area contributed by atoms with Gasteiger partial charge in [-0.05, 0) is 66.6 Å². The maximum atomic E-state index is 13.8. The number of aliphatic hydroxyl groups is 1. The Labute approximate surface area is 214 Å². The van der Waals surface area contributed by atoms with E-state index in [-0.39, 0.29) is 22.6 Å². The number of aliphatic hydroxyl groups excluding tert-OH is 1. The van der Waals surface area contributed by atoms with Crippen LogP contribution in [0.2, 0.25) is 5.02 Å². The van der Waals surface area contributed by atoms with Gasteiger partial charge in [-0.15, -0.1) is 0 Å². The minimum absolute atomic E-state index is 0.00901. The van der Waals surface area contributed by atoms with E-state index in [1.807, 2.05) is 6.92 Å². The molecule has 1 N–H and O–H groups in total. The van der Waals surface area contributed by atoms with Crippen LogP contribution in [0.15, 0.2) is 66.2 Å². The molecule has 0 spiro atoms. The Kier molecular flexibility index (Phi) is 5.31. The van der Waals surface area contributed by atoms with E-state index in [9.17, 15) is 19.1 Å². The number of thiazole rings is 1. The van der Waals surface area contributed by atoms with Gasteiger partial charge in [-0.25, -0.2) is 9.37 Å². The van der Waals surface area contributed by atoms with E-state index >= 15 is 0 Å². The second kappa shape index (κ2) is 8.43. The van der Waals surface area contributed by atoms with Gasteiger partial charge in [-0.2, -0.15) is 0 Å². The SMILES string of the molecule is C[C@H]1Cc2cc(/C(O)=C3\C(=O)C(=O)N(c4nc5ccc(Cl)cc5s4)[C@H]3c3ccc(F)cc3)ccc2O1. The summed E-state index contributed by atoms with van der Waals surface area (Å²) in [6.45, 7) is 1.95. The van der Waals surface area contributed by atoms with E-state index in [1.165, 1.54) is 40.5 Å². The van der Waals surface area contributed by atoms with E-state index in [0.29, 0.717) is 28.1 Å². The molecule has 0 unspecified atom stereocenters. The van der Waals surface area contributed by atoms with E-state index in [0.717, 1.165) is 16.0 Å². The van der Waals surface area contributed by atoms with Gasteiger partial charge in [0, 0.05) is 17.0 Å². The third-order valence-corrected chi connectivity index (χ3v) is 7.60. The zero-order valence-corrected chi connectivity index (χ0v) is 20.4. The fraction of sp³-hybridized carbons (Fsp3) is 0.148. The number of carbonyl (C=O) groups is 2. The molecule has 9 heteroatoms. The summed E-state index contributed by atoms with van der Waals surface area (Å²) in [5.41, 5.74) is 2.30. The first-order valence-corrected chi connectivity index (χ1v) is 12.4. The number of carbonyl (C=O) groups excluding carboxylic acids is 2. The summed E-state index contributed by atoms with van der Waals surface area (Å²) in [7, 11) is 0. The van der Waals surface area contributed by atoms with Crippen LogP contribution in [-0.4, -0.2) is 27.9 Å². The molecule has 0 bridgehead atoms. The van der Waals surface area contributed by atoms with Gasteiger partial charge in [-0.3, -0.25) is 14.5 Å². The largest absolute Gasteiger partial charge is 0.507 e. The highest BCUT2D eigenvalue weighted by atomic mass is 35.5. The third-order valence-electron chi connectivity index (χ3n) is 6.34. The lowest BCUT2D eigenvalue weighted by Crippen LogP contribution is -2.29. The monoisotopic (exact) mass is 520 g/mol. The normalized spacial score (nSPS) is 20.7. The molecular weight excluding hydrogens is 503 g/mol. The van der Waals surface area contributed by atoms with Crippen molar-refractivity contribution in [1.82, 2.24) is 4.98 Å². The molecule has 4 aromatic rings. The van der Waals surface area contributed by atoms with Crippen molar-refractivity contribution in [3.63, 3.8) is 0 Å². The molecule has 2 aliphatic heterocycles.